The molecule has 1 saturated carbocycles. The van der Waals surface area contributed by atoms with E-state index >= 15 is 0 Å². The van der Waals surface area contributed by atoms with Gasteiger partial charge in [0.1, 0.15) is 5.75 Å². The van der Waals surface area contributed by atoms with Crippen molar-refractivity contribution in [3.05, 3.63) is 28.2 Å². The van der Waals surface area contributed by atoms with Crippen LogP contribution in [0.25, 0.3) is 0 Å². The van der Waals surface area contributed by atoms with Crippen LogP contribution >= 0.6 is 15.9 Å². The first-order chi connectivity index (χ1) is 7.15. The van der Waals surface area contributed by atoms with Crippen molar-refractivity contribution >= 4 is 15.9 Å². The van der Waals surface area contributed by atoms with Gasteiger partial charge in [-0.2, -0.15) is 0 Å². The zero-order valence-electron chi connectivity index (χ0n) is 8.79. The van der Waals surface area contributed by atoms with Gasteiger partial charge in [0.2, 0.25) is 0 Å². The maximum Gasteiger partial charge on any atom is 0.119 e. The molecule has 0 unspecified atom stereocenters. The molecule has 0 heterocycles. The Morgan fingerprint density at radius 3 is 2.60 bits per heavy atom. The summed E-state index contributed by atoms with van der Waals surface area (Å²) >= 11 is 3.49. The SMILES string of the molecule is COc1ccc(Br)c(C2(O)CCCC2)c1. The lowest BCUT2D eigenvalue weighted by Gasteiger charge is -2.24. The van der Waals surface area contributed by atoms with Gasteiger partial charge in [0, 0.05) is 10.0 Å². The number of rotatable bonds is 2. The summed E-state index contributed by atoms with van der Waals surface area (Å²) in [6.07, 6.45) is 3.89. The van der Waals surface area contributed by atoms with Crippen LogP contribution in [0.5, 0.6) is 5.75 Å². The van der Waals surface area contributed by atoms with Gasteiger partial charge < -0.3 is 9.84 Å². The lowest BCUT2D eigenvalue weighted by molar-refractivity contribution is 0.0435. The van der Waals surface area contributed by atoms with E-state index in [1.54, 1.807) is 7.11 Å². The number of ether oxygens (including phenoxy) is 1. The Hall–Kier alpha value is -0.540. The summed E-state index contributed by atoms with van der Waals surface area (Å²) in [7, 11) is 1.64. The van der Waals surface area contributed by atoms with Crippen LogP contribution in [0.1, 0.15) is 31.2 Å². The number of methoxy groups -OCH3 is 1. The van der Waals surface area contributed by atoms with E-state index in [1.807, 2.05) is 18.2 Å². The largest absolute Gasteiger partial charge is 0.497 e. The number of hydrogen-bond donors (Lipinski definition) is 1. The lowest BCUT2D eigenvalue weighted by Crippen LogP contribution is -2.21. The van der Waals surface area contributed by atoms with Gasteiger partial charge in [-0.3, -0.25) is 0 Å². The monoisotopic (exact) mass is 270 g/mol. The molecule has 0 amide bonds. The van der Waals surface area contributed by atoms with E-state index in [-0.39, 0.29) is 0 Å². The second-order valence-corrected chi connectivity index (χ2v) is 4.94. The Balaban J connectivity index is 2.41. The number of halogens is 1. The van der Waals surface area contributed by atoms with Crippen LogP contribution in [0.3, 0.4) is 0 Å². The molecule has 0 saturated heterocycles. The third-order valence-corrected chi connectivity index (χ3v) is 3.80. The van der Waals surface area contributed by atoms with Crippen LogP contribution in [0, 0.1) is 0 Å². The van der Waals surface area contributed by atoms with Gasteiger partial charge in [0.15, 0.2) is 0 Å². The third kappa shape index (κ3) is 2.04. The van der Waals surface area contributed by atoms with Crippen molar-refractivity contribution in [2.24, 2.45) is 0 Å². The fraction of sp³-hybridized carbons (Fsp3) is 0.500. The number of benzene rings is 1. The van der Waals surface area contributed by atoms with Crippen molar-refractivity contribution in [1.29, 1.82) is 0 Å². The fourth-order valence-corrected chi connectivity index (χ4v) is 2.83. The van der Waals surface area contributed by atoms with Crippen LogP contribution in [0.2, 0.25) is 0 Å². The first-order valence-corrected chi connectivity index (χ1v) is 6.01. The van der Waals surface area contributed by atoms with E-state index in [9.17, 15) is 5.11 Å². The van der Waals surface area contributed by atoms with Gasteiger partial charge in [-0.25, -0.2) is 0 Å². The number of aliphatic hydroxyl groups is 1. The van der Waals surface area contributed by atoms with Gasteiger partial charge in [0.05, 0.1) is 12.7 Å². The summed E-state index contributed by atoms with van der Waals surface area (Å²) in [5.41, 5.74) is 0.298. The molecule has 0 spiro atoms. The van der Waals surface area contributed by atoms with Crippen molar-refractivity contribution in [2.45, 2.75) is 31.3 Å². The highest BCUT2D eigenvalue weighted by molar-refractivity contribution is 9.10. The molecular weight excluding hydrogens is 256 g/mol. The number of hydrogen-bond acceptors (Lipinski definition) is 2. The van der Waals surface area contributed by atoms with Gasteiger partial charge in [-0.15, -0.1) is 0 Å². The molecule has 0 bridgehead atoms. The quantitative estimate of drug-likeness (QED) is 0.894. The summed E-state index contributed by atoms with van der Waals surface area (Å²) in [4.78, 5) is 0. The van der Waals surface area contributed by atoms with Crippen LogP contribution in [-0.2, 0) is 5.60 Å². The Kier molecular flexibility index (Phi) is 3.03. The average Bonchev–Trinajstić information content (AvgIpc) is 2.67. The first kappa shape index (κ1) is 11.0. The minimum Gasteiger partial charge on any atom is -0.497 e. The van der Waals surface area contributed by atoms with E-state index in [2.05, 4.69) is 15.9 Å². The lowest BCUT2D eigenvalue weighted by atomic mass is 9.92. The molecule has 15 heavy (non-hydrogen) atoms. The zero-order valence-corrected chi connectivity index (χ0v) is 10.4. The predicted molar refractivity (Wildman–Crippen MR) is 63.1 cm³/mol. The second kappa shape index (κ2) is 4.14. The standard InChI is InChI=1S/C12H15BrO2/c1-15-9-4-5-11(13)10(8-9)12(14)6-2-3-7-12/h4-5,8,14H,2-3,6-7H2,1H3. The molecule has 1 aromatic rings. The van der Waals surface area contributed by atoms with Crippen molar-refractivity contribution in [1.82, 2.24) is 0 Å². The van der Waals surface area contributed by atoms with Gasteiger partial charge in [-0.1, -0.05) is 28.8 Å². The molecular formula is C12H15BrO2. The molecule has 1 N–H and O–H groups in total. The second-order valence-electron chi connectivity index (χ2n) is 4.08. The van der Waals surface area contributed by atoms with Crippen molar-refractivity contribution in [3.63, 3.8) is 0 Å². The Bertz CT molecular complexity index is 357. The van der Waals surface area contributed by atoms with E-state index in [0.717, 1.165) is 41.5 Å². The van der Waals surface area contributed by atoms with Crippen molar-refractivity contribution < 1.29 is 9.84 Å². The maximum absolute atomic E-state index is 10.5. The van der Waals surface area contributed by atoms with Crippen LogP contribution in [0.4, 0.5) is 0 Å². The van der Waals surface area contributed by atoms with Crippen molar-refractivity contribution in [3.8, 4) is 5.75 Å². The molecule has 0 aromatic heterocycles. The minimum absolute atomic E-state index is 0.659. The summed E-state index contributed by atoms with van der Waals surface area (Å²) < 4.78 is 6.15. The Morgan fingerprint density at radius 2 is 2.00 bits per heavy atom. The Morgan fingerprint density at radius 1 is 1.33 bits per heavy atom. The summed E-state index contributed by atoms with van der Waals surface area (Å²) in [5, 5.41) is 10.5. The molecule has 1 fully saturated rings. The van der Waals surface area contributed by atoms with Crippen LogP contribution in [-0.4, -0.2) is 12.2 Å². The van der Waals surface area contributed by atoms with E-state index in [0.29, 0.717) is 0 Å². The smallest absolute Gasteiger partial charge is 0.119 e. The average molecular weight is 271 g/mol. The molecule has 1 aromatic carbocycles. The van der Waals surface area contributed by atoms with Crippen LogP contribution < -0.4 is 4.74 Å². The highest BCUT2D eigenvalue weighted by Gasteiger charge is 2.34. The molecule has 0 aliphatic heterocycles. The van der Waals surface area contributed by atoms with Gasteiger partial charge >= 0.3 is 0 Å². The van der Waals surface area contributed by atoms with E-state index in [4.69, 9.17) is 4.74 Å². The first-order valence-electron chi connectivity index (χ1n) is 5.22. The minimum atomic E-state index is -0.659. The fourth-order valence-electron chi connectivity index (χ4n) is 2.22. The highest BCUT2D eigenvalue weighted by atomic mass is 79.9. The summed E-state index contributed by atoms with van der Waals surface area (Å²) in [6, 6.07) is 5.76. The van der Waals surface area contributed by atoms with Gasteiger partial charge in [-0.05, 0) is 31.0 Å². The molecule has 2 nitrogen and oxygen atoms in total. The molecule has 1 aliphatic rings. The topological polar surface area (TPSA) is 29.5 Å². The van der Waals surface area contributed by atoms with E-state index < -0.39 is 5.60 Å². The highest BCUT2D eigenvalue weighted by Crippen LogP contribution is 2.42. The summed E-state index contributed by atoms with van der Waals surface area (Å²) in [6.45, 7) is 0. The molecule has 0 radical (unpaired) electrons. The van der Waals surface area contributed by atoms with Crippen molar-refractivity contribution in [2.75, 3.05) is 7.11 Å². The maximum atomic E-state index is 10.5. The molecule has 82 valence electrons. The predicted octanol–water partition coefficient (Wildman–Crippen LogP) is 3.22. The van der Waals surface area contributed by atoms with Crippen LogP contribution in [0.15, 0.2) is 22.7 Å². The molecule has 2 rings (SSSR count). The van der Waals surface area contributed by atoms with E-state index in [1.165, 1.54) is 0 Å². The molecule has 0 atom stereocenters. The molecule has 1 aliphatic carbocycles. The third-order valence-electron chi connectivity index (χ3n) is 3.11. The molecule has 3 heteroatoms. The summed E-state index contributed by atoms with van der Waals surface area (Å²) in [5.74, 6) is 0.800. The van der Waals surface area contributed by atoms with Gasteiger partial charge in [0.25, 0.3) is 0 Å². The normalized spacial score (nSPS) is 19.1. The zero-order chi connectivity index (χ0) is 10.9. The Labute approximate surface area is 98.4 Å².